The number of aromatic hydroxyl groups is 1. The number of halogens is 1. The van der Waals surface area contributed by atoms with Crippen molar-refractivity contribution in [2.24, 2.45) is 0 Å². The minimum Gasteiger partial charge on any atom is -0.501 e. The van der Waals surface area contributed by atoms with Crippen LogP contribution in [0.25, 0.3) is 6.08 Å². The predicted octanol–water partition coefficient (Wildman–Crippen LogP) is 3.23. The van der Waals surface area contributed by atoms with E-state index in [0.29, 0.717) is 12.3 Å². The van der Waals surface area contributed by atoms with Crippen molar-refractivity contribution in [3.8, 4) is 5.75 Å². The van der Waals surface area contributed by atoms with Crippen LogP contribution in [0.15, 0.2) is 31.2 Å². The van der Waals surface area contributed by atoms with Crippen LogP contribution in [0.5, 0.6) is 5.75 Å². The molecule has 0 saturated heterocycles. The van der Waals surface area contributed by atoms with Crippen LogP contribution >= 0.6 is 27.7 Å². The van der Waals surface area contributed by atoms with Gasteiger partial charge in [0.05, 0.1) is 9.40 Å². The van der Waals surface area contributed by atoms with Gasteiger partial charge in [-0.05, 0) is 45.4 Å². The van der Waals surface area contributed by atoms with Gasteiger partial charge in [-0.25, -0.2) is 4.79 Å². The molecule has 1 heterocycles. The van der Waals surface area contributed by atoms with Crippen LogP contribution in [-0.4, -0.2) is 31.3 Å². The maximum Gasteiger partial charge on any atom is 0.342 e. The van der Waals surface area contributed by atoms with Gasteiger partial charge >= 0.3 is 11.7 Å². The Bertz CT molecular complexity index is 835. The second-order valence-electron chi connectivity index (χ2n) is 4.36. The molecule has 0 aliphatic rings. The fraction of sp³-hybridized carbons (Fsp3) is 0.154. The zero-order valence-electron chi connectivity index (χ0n) is 12.1. The lowest BCUT2D eigenvalue weighted by Crippen LogP contribution is -1.97. The van der Waals surface area contributed by atoms with E-state index in [-0.39, 0.29) is 20.2 Å². The molecular formula is C13H10BrN3O6S. The molecule has 2 N–H and O–H groups in total. The summed E-state index contributed by atoms with van der Waals surface area (Å²) in [5.41, 5.74) is -0.331. The van der Waals surface area contributed by atoms with E-state index in [9.17, 15) is 25.1 Å². The molecule has 24 heavy (non-hydrogen) atoms. The highest BCUT2D eigenvalue weighted by molar-refractivity contribution is 9.10. The summed E-state index contributed by atoms with van der Waals surface area (Å²) in [6.45, 7) is 1.81. The molecule has 0 saturated carbocycles. The first-order chi connectivity index (χ1) is 11.3. The Balaban J connectivity index is 2.40. The highest BCUT2D eigenvalue weighted by Crippen LogP contribution is 2.36. The normalized spacial score (nSPS) is 11.5. The van der Waals surface area contributed by atoms with Gasteiger partial charge in [-0.2, -0.15) is 0 Å². The number of nitro benzene ring substituents is 1. The molecule has 1 aromatic carbocycles. The number of carboxylic acids is 1. The summed E-state index contributed by atoms with van der Waals surface area (Å²) in [6.07, 6.45) is 1.72. The van der Waals surface area contributed by atoms with Crippen molar-refractivity contribution in [2.75, 3.05) is 0 Å². The zero-order valence-corrected chi connectivity index (χ0v) is 14.5. The number of thioether (sulfide) groups is 1. The molecule has 0 unspecified atom stereocenters. The average Bonchev–Trinajstić information content (AvgIpc) is 2.97. The number of carbonyl (C=O) groups is 1. The molecule has 2 rings (SSSR count). The van der Waals surface area contributed by atoms with Crippen LogP contribution in [0.4, 0.5) is 5.69 Å². The first-order valence-electron chi connectivity index (χ1n) is 6.44. The standard InChI is InChI=1S/C13H10BrN3O6S/c1-2-10-15-16-13(23-10)24-9(12(19)20)5-6-3-7(14)11(18)8(4-6)17(21)22/h3-5,18H,2H2,1H3,(H,19,20)/b9-5-. The van der Waals surface area contributed by atoms with Crippen LogP contribution < -0.4 is 0 Å². The van der Waals surface area contributed by atoms with Gasteiger partial charge in [-0.3, -0.25) is 10.1 Å². The summed E-state index contributed by atoms with van der Waals surface area (Å²) in [5, 5.41) is 37.3. The molecule has 0 bridgehead atoms. The lowest BCUT2D eigenvalue weighted by atomic mass is 10.1. The van der Waals surface area contributed by atoms with Crippen LogP contribution in [0.2, 0.25) is 0 Å². The van der Waals surface area contributed by atoms with Crippen LogP contribution in [-0.2, 0) is 11.2 Å². The third-order valence-corrected chi connectivity index (χ3v) is 4.18. The Morgan fingerprint density at radius 1 is 1.50 bits per heavy atom. The summed E-state index contributed by atoms with van der Waals surface area (Å²) in [6, 6.07) is 2.42. The number of carboxylic acid groups (broad SMARTS) is 1. The van der Waals surface area contributed by atoms with Gasteiger partial charge in [0.1, 0.15) is 4.91 Å². The molecule has 0 atom stereocenters. The second-order valence-corrected chi connectivity index (χ2v) is 6.21. The highest BCUT2D eigenvalue weighted by Gasteiger charge is 2.19. The monoisotopic (exact) mass is 415 g/mol. The number of benzene rings is 1. The molecule has 1 aromatic heterocycles. The maximum atomic E-state index is 11.4. The van der Waals surface area contributed by atoms with E-state index in [0.717, 1.165) is 17.8 Å². The molecule has 0 fully saturated rings. The predicted molar refractivity (Wildman–Crippen MR) is 87.6 cm³/mol. The first kappa shape index (κ1) is 17.9. The van der Waals surface area contributed by atoms with E-state index < -0.39 is 22.3 Å². The molecule has 2 aromatic rings. The van der Waals surface area contributed by atoms with Crippen molar-refractivity contribution in [2.45, 2.75) is 18.6 Å². The summed E-state index contributed by atoms with van der Waals surface area (Å²) < 4.78 is 5.31. The number of rotatable bonds is 6. The van der Waals surface area contributed by atoms with Crippen molar-refractivity contribution in [1.82, 2.24) is 10.2 Å². The SMILES string of the molecule is CCc1nnc(S/C(=C\c2cc(Br)c(O)c([N+](=O)[O-])c2)C(=O)O)o1. The summed E-state index contributed by atoms with van der Waals surface area (Å²) >= 11 is 3.72. The number of phenolic OH excluding ortho intramolecular Hbond substituents is 1. The quantitative estimate of drug-likeness (QED) is 0.314. The second kappa shape index (κ2) is 7.45. The van der Waals surface area contributed by atoms with Gasteiger partial charge in [-0.1, -0.05) is 6.92 Å². The van der Waals surface area contributed by atoms with Gasteiger partial charge in [0.2, 0.25) is 11.6 Å². The molecule has 0 radical (unpaired) electrons. The fourth-order valence-corrected chi connectivity index (χ4v) is 2.79. The molecule has 0 aliphatic carbocycles. The number of nitro groups is 1. The van der Waals surface area contributed by atoms with E-state index in [1.54, 1.807) is 0 Å². The molecule has 11 heteroatoms. The summed E-state index contributed by atoms with van der Waals surface area (Å²) in [7, 11) is 0. The number of aromatic nitrogens is 2. The number of hydrogen-bond acceptors (Lipinski definition) is 8. The number of nitrogens with zero attached hydrogens (tertiary/aromatic N) is 3. The number of aryl methyl sites for hydroxylation is 1. The molecule has 9 nitrogen and oxygen atoms in total. The van der Waals surface area contributed by atoms with E-state index in [4.69, 9.17) is 4.42 Å². The van der Waals surface area contributed by atoms with Gasteiger partial charge < -0.3 is 14.6 Å². The van der Waals surface area contributed by atoms with Crippen LogP contribution in [0, 0.1) is 10.1 Å². The third kappa shape index (κ3) is 4.11. The third-order valence-electron chi connectivity index (χ3n) is 2.72. The molecule has 126 valence electrons. The first-order valence-corrected chi connectivity index (χ1v) is 8.04. The molecule has 0 spiro atoms. The lowest BCUT2D eigenvalue weighted by molar-refractivity contribution is -0.386. The highest BCUT2D eigenvalue weighted by atomic mass is 79.9. The summed E-state index contributed by atoms with van der Waals surface area (Å²) in [5.74, 6) is -1.43. The van der Waals surface area contributed by atoms with Gasteiger partial charge in [0.25, 0.3) is 5.22 Å². The Morgan fingerprint density at radius 3 is 2.75 bits per heavy atom. The van der Waals surface area contributed by atoms with Gasteiger partial charge in [0, 0.05) is 12.5 Å². The number of aliphatic carboxylic acids is 1. The molecule has 0 aliphatic heterocycles. The van der Waals surface area contributed by atoms with Crippen molar-refractivity contribution in [3.63, 3.8) is 0 Å². The van der Waals surface area contributed by atoms with E-state index >= 15 is 0 Å². The van der Waals surface area contributed by atoms with Crippen molar-refractivity contribution in [3.05, 3.63) is 43.1 Å². The van der Waals surface area contributed by atoms with Crippen molar-refractivity contribution >= 4 is 45.4 Å². The van der Waals surface area contributed by atoms with Crippen LogP contribution in [0.1, 0.15) is 18.4 Å². The van der Waals surface area contributed by atoms with Crippen LogP contribution in [0.3, 0.4) is 0 Å². The Labute approximate surface area is 147 Å². The van der Waals surface area contributed by atoms with Gasteiger partial charge in [0.15, 0.2) is 0 Å². The zero-order chi connectivity index (χ0) is 17.9. The average molecular weight is 416 g/mol. The Morgan fingerprint density at radius 2 is 2.21 bits per heavy atom. The Hall–Kier alpha value is -2.40. The smallest absolute Gasteiger partial charge is 0.342 e. The van der Waals surface area contributed by atoms with Crippen molar-refractivity contribution < 1.29 is 24.3 Å². The van der Waals surface area contributed by atoms with Gasteiger partial charge in [-0.15, -0.1) is 10.2 Å². The molecular weight excluding hydrogens is 406 g/mol. The number of hydrogen-bond donors (Lipinski definition) is 2. The topological polar surface area (TPSA) is 140 Å². The lowest BCUT2D eigenvalue weighted by Gasteiger charge is -2.03. The Kier molecular flexibility index (Phi) is 5.57. The maximum absolute atomic E-state index is 11.4. The van der Waals surface area contributed by atoms with E-state index in [1.165, 1.54) is 12.1 Å². The van der Waals surface area contributed by atoms with Crippen molar-refractivity contribution in [1.29, 1.82) is 0 Å². The fourth-order valence-electron chi connectivity index (χ4n) is 1.63. The van der Waals surface area contributed by atoms with E-state index in [1.807, 2.05) is 6.92 Å². The van der Waals surface area contributed by atoms with E-state index in [2.05, 4.69) is 26.1 Å². The molecule has 0 amide bonds. The number of phenols is 1. The summed E-state index contributed by atoms with van der Waals surface area (Å²) in [4.78, 5) is 21.4. The minimum atomic E-state index is -1.26. The minimum absolute atomic E-state index is 0.0489. The largest absolute Gasteiger partial charge is 0.501 e.